The van der Waals surface area contributed by atoms with Gasteiger partial charge in [0.1, 0.15) is 12.1 Å². The Hall–Kier alpha value is -2.94. The highest BCUT2D eigenvalue weighted by Gasteiger charge is 2.36. The average molecular weight is 417 g/mol. The van der Waals surface area contributed by atoms with Crippen LogP contribution in [0.3, 0.4) is 0 Å². The molecule has 1 aliphatic rings. The van der Waals surface area contributed by atoms with E-state index >= 15 is 0 Å². The third kappa shape index (κ3) is 4.92. The summed E-state index contributed by atoms with van der Waals surface area (Å²) in [6.07, 6.45) is 1.27. The van der Waals surface area contributed by atoms with Gasteiger partial charge >= 0.3 is 0 Å². The zero-order chi connectivity index (χ0) is 21.0. The summed E-state index contributed by atoms with van der Waals surface area (Å²) >= 11 is 1.57. The Morgan fingerprint density at radius 1 is 1.28 bits per heavy atom. The van der Waals surface area contributed by atoms with E-state index in [9.17, 15) is 14.4 Å². The number of nitrogens with one attached hydrogen (secondary N) is 2. The molecule has 2 atom stereocenters. The number of nitrogens with zero attached hydrogens (tertiary/aromatic N) is 2. The second kappa shape index (κ2) is 9.04. The molecule has 2 heterocycles. The van der Waals surface area contributed by atoms with Crippen molar-refractivity contribution in [1.82, 2.24) is 20.7 Å². The van der Waals surface area contributed by atoms with Crippen LogP contribution < -0.4 is 15.6 Å². The minimum atomic E-state index is -0.676. The van der Waals surface area contributed by atoms with Gasteiger partial charge in [-0.2, -0.15) is 5.48 Å². The Morgan fingerprint density at radius 2 is 2.00 bits per heavy atom. The first kappa shape index (κ1) is 20.8. The monoisotopic (exact) mass is 416 g/mol. The fourth-order valence-electron chi connectivity index (χ4n) is 3.35. The minimum Gasteiger partial charge on any atom is -0.379 e. The molecule has 29 heavy (non-hydrogen) atoms. The van der Waals surface area contributed by atoms with Gasteiger partial charge in [-0.3, -0.25) is 14.4 Å². The van der Waals surface area contributed by atoms with Crippen molar-refractivity contribution in [3.8, 4) is 16.2 Å². The first-order valence-corrected chi connectivity index (χ1v) is 10.3. The van der Waals surface area contributed by atoms with Gasteiger partial charge in [-0.1, -0.05) is 0 Å². The van der Waals surface area contributed by atoms with Crippen molar-refractivity contribution in [1.29, 1.82) is 0 Å². The third-order valence-corrected chi connectivity index (χ3v) is 5.74. The zero-order valence-electron chi connectivity index (χ0n) is 16.6. The summed E-state index contributed by atoms with van der Waals surface area (Å²) in [6, 6.07) is 6.06. The van der Waals surface area contributed by atoms with Gasteiger partial charge in [-0.15, -0.1) is 11.3 Å². The molecule has 2 aromatic rings. The molecule has 1 aromatic carbocycles. The maximum absolute atomic E-state index is 12.6. The lowest BCUT2D eigenvalue weighted by Crippen LogP contribution is -2.52. The van der Waals surface area contributed by atoms with Crippen LogP contribution in [0.15, 0.2) is 29.8 Å². The molecular weight excluding hydrogens is 392 g/mol. The SMILES string of the molecule is CC(=O)NC(C)C(=O)N1CCCC1C(=O)NOc1ccc(-c2scnc2C)cc1. The van der Waals surface area contributed by atoms with Crippen molar-refractivity contribution < 1.29 is 19.2 Å². The Kier molecular flexibility index (Phi) is 6.48. The molecule has 0 aliphatic carbocycles. The van der Waals surface area contributed by atoms with Crippen LogP contribution in [0.4, 0.5) is 0 Å². The second-order valence-electron chi connectivity index (χ2n) is 6.97. The summed E-state index contributed by atoms with van der Waals surface area (Å²) in [5.74, 6) is -0.450. The molecule has 1 fully saturated rings. The standard InChI is InChI=1S/C20H24N4O4S/c1-12-18(29-11-21-12)15-6-8-16(9-7-15)28-23-19(26)17-5-4-10-24(17)20(27)13(2)22-14(3)25/h6-9,11,13,17H,4-5,10H2,1-3H3,(H,22,25)(H,23,26). The van der Waals surface area contributed by atoms with Gasteiger partial charge < -0.3 is 15.1 Å². The first-order valence-electron chi connectivity index (χ1n) is 9.41. The molecule has 1 aromatic heterocycles. The maximum Gasteiger partial charge on any atom is 0.275 e. The second-order valence-corrected chi connectivity index (χ2v) is 7.83. The van der Waals surface area contributed by atoms with Gasteiger partial charge in [0.15, 0.2) is 5.75 Å². The van der Waals surface area contributed by atoms with E-state index in [1.165, 1.54) is 11.8 Å². The molecule has 0 radical (unpaired) electrons. The molecule has 0 bridgehead atoms. The molecule has 9 heteroatoms. The fourth-order valence-corrected chi connectivity index (χ4v) is 4.16. The summed E-state index contributed by atoms with van der Waals surface area (Å²) < 4.78 is 0. The number of thiazole rings is 1. The van der Waals surface area contributed by atoms with E-state index in [-0.39, 0.29) is 17.7 Å². The van der Waals surface area contributed by atoms with Gasteiger partial charge in [-0.25, -0.2) is 4.98 Å². The van der Waals surface area contributed by atoms with Crippen LogP contribution in [0.2, 0.25) is 0 Å². The largest absolute Gasteiger partial charge is 0.379 e. The topological polar surface area (TPSA) is 101 Å². The lowest BCUT2D eigenvalue weighted by atomic mass is 10.1. The number of hydrogen-bond acceptors (Lipinski definition) is 6. The molecule has 3 amide bonds. The van der Waals surface area contributed by atoms with E-state index in [0.717, 1.165) is 22.6 Å². The van der Waals surface area contributed by atoms with Crippen LogP contribution in [0, 0.1) is 6.92 Å². The van der Waals surface area contributed by atoms with Gasteiger partial charge in [0.25, 0.3) is 5.91 Å². The molecule has 8 nitrogen and oxygen atoms in total. The maximum atomic E-state index is 12.6. The Morgan fingerprint density at radius 3 is 2.62 bits per heavy atom. The number of amides is 3. The lowest BCUT2D eigenvalue weighted by molar-refractivity contribution is -0.143. The number of aromatic nitrogens is 1. The molecule has 0 spiro atoms. The minimum absolute atomic E-state index is 0.276. The first-order chi connectivity index (χ1) is 13.9. The average Bonchev–Trinajstić information content (AvgIpc) is 3.34. The van der Waals surface area contributed by atoms with Crippen molar-refractivity contribution in [2.24, 2.45) is 0 Å². The highest BCUT2D eigenvalue weighted by Crippen LogP contribution is 2.28. The Balaban J connectivity index is 1.57. The van der Waals surface area contributed by atoms with E-state index in [2.05, 4.69) is 15.8 Å². The molecule has 0 saturated carbocycles. The third-order valence-electron chi connectivity index (χ3n) is 4.76. The van der Waals surface area contributed by atoms with Crippen LogP contribution in [0.25, 0.3) is 10.4 Å². The van der Waals surface area contributed by atoms with E-state index < -0.39 is 12.1 Å². The molecular formula is C20H24N4O4S. The number of carbonyl (C=O) groups excluding carboxylic acids is 3. The number of carbonyl (C=O) groups is 3. The zero-order valence-corrected chi connectivity index (χ0v) is 17.4. The van der Waals surface area contributed by atoms with E-state index in [1.54, 1.807) is 35.9 Å². The van der Waals surface area contributed by atoms with Crippen molar-refractivity contribution in [2.75, 3.05) is 6.54 Å². The van der Waals surface area contributed by atoms with Crippen LogP contribution >= 0.6 is 11.3 Å². The van der Waals surface area contributed by atoms with E-state index in [0.29, 0.717) is 18.7 Å². The van der Waals surface area contributed by atoms with Gasteiger partial charge in [0.05, 0.1) is 16.1 Å². The van der Waals surface area contributed by atoms with Gasteiger partial charge in [0, 0.05) is 13.5 Å². The smallest absolute Gasteiger partial charge is 0.275 e. The highest BCUT2D eigenvalue weighted by atomic mass is 32.1. The van der Waals surface area contributed by atoms with Crippen molar-refractivity contribution >= 4 is 29.1 Å². The van der Waals surface area contributed by atoms with Crippen molar-refractivity contribution in [3.63, 3.8) is 0 Å². The molecule has 1 aliphatic heterocycles. The van der Waals surface area contributed by atoms with Gasteiger partial charge in [0.2, 0.25) is 11.8 Å². The molecule has 2 N–H and O–H groups in total. The predicted octanol–water partition coefficient (Wildman–Crippen LogP) is 2.04. The summed E-state index contributed by atoms with van der Waals surface area (Å²) in [6.45, 7) is 5.40. The number of hydrogen-bond donors (Lipinski definition) is 2. The normalized spacial score (nSPS) is 16.9. The summed E-state index contributed by atoms with van der Waals surface area (Å²) in [4.78, 5) is 48.5. The van der Waals surface area contributed by atoms with Crippen molar-refractivity contribution in [3.05, 3.63) is 35.5 Å². The number of benzene rings is 1. The quantitative estimate of drug-likeness (QED) is 0.702. The summed E-state index contributed by atoms with van der Waals surface area (Å²) in [5, 5.41) is 2.56. The number of hydroxylamine groups is 1. The van der Waals surface area contributed by atoms with E-state index in [1.807, 2.05) is 19.1 Å². The van der Waals surface area contributed by atoms with Gasteiger partial charge in [-0.05, 0) is 56.5 Å². The Labute approximate surface area is 173 Å². The van der Waals surface area contributed by atoms with Crippen LogP contribution in [-0.4, -0.2) is 46.2 Å². The summed E-state index contributed by atoms with van der Waals surface area (Å²) in [7, 11) is 0. The predicted molar refractivity (Wildman–Crippen MR) is 109 cm³/mol. The Bertz CT molecular complexity index is 896. The highest BCUT2D eigenvalue weighted by molar-refractivity contribution is 7.13. The van der Waals surface area contributed by atoms with E-state index in [4.69, 9.17) is 4.84 Å². The van der Waals surface area contributed by atoms with Crippen molar-refractivity contribution in [2.45, 2.75) is 45.7 Å². The fraction of sp³-hybridized carbons (Fsp3) is 0.400. The lowest BCUT2D eigenvalue weighted by Gasteiger charge is -2.26. The van der Waals surface area contributed by atoms with Crippen LogP contribution in [-0.2, 0) is 14.4 Å². The van der Waals surface area contributed by atoms with Crippen LogP contribution in [0.1, 0.15) is 32.4 Å². The molecule has 2 unspecified atom stereocenters. The number of aryl methyl sites for hydroxylation is 1. The number of likely N-dealkylation sites (tertiary alicyclic amines) is 1. The summed E-state index contributed by atoms with van der Waals surface area (Å²) in [5.41, 5.74) is 6.24. The number of rotatable bonds is 6. The molecule has 1 saturated heterocycles. The molecule has 3 rings (SSSR count). The molecule has 154 valence electrons. The van der Waals surface area contributed by atoms with Crippen LogP contribution in [0.5, 0.6) is 5.75 Å².